The van der Waals surface area contributed by atoms with E-state index in [1.807, 2.05) is 17.7 Å². The number of hydrogen-bond donors (Lipinski definition) is 1. The van der Waals surface area contributed by atoms with Crippen LogP contribution in [0.25, 0.3) is 0 Å². The number of aliphatic carboxylic acids is 1. The van der Waals surface area contributed by atoms with Gasteiger partial charge in [-0.3, -0.25) is 0 Å². The van der Waals surface area contributed by atoms with Crippen LogP contribution < -0.4 is 0 Å². The summed E-state index contributed by atoms with van der Waals surface area (Å²) in [4.78, 5) is 15.0. The monoisotopic (exact) mass is 224 g/mol. The summed E-state index contributed by atoms with van der Waals surface area (Å²) in [5.41, 5.74) is 0. The van der Waals surface area contributed by atoms with E-state index in [0.29, 0.717) is 13.0 Å². The minimum atomic E-state index is -0.858. The molecule has 2 unspecified atom stereocenters. The first kappa shape index (κ1) is 11.1. The van der Waals surface area contributed by atoms with Gasteiger partial charge in [-0.15, -0.1) is 0 Å². The Bertz CT molecular complexity index is 375. The second kappa shape index (κ2) is 4.65. The fourth-order valence-electron chi connectivity index (χ4n) is 2.06. The van der Waals surface area contributed by atoms with Crippen LogP contribution in [0.15, 0.2) is 12.4 Å². The molecule has 2 atom stereocenters. The van der Waals surface area contributed by atoms with Crippen molar-refractivity contribution in [2.24, 2.45) is 0 Å². The SMILES string of the molecule is CCc1nccn1CC1CCC(C(=O)O)O1. The van der Waals surface area contributed by atoms with Crippen molar-refractivity contribution >= 4 is 5.97 Å². The van der Waals surface area contributed by atoms with Gasteiger partial charge in [0.15, 0.2) is 6.10 Å². The second-order valence-corrected chi connectivity index (χ2v) is 4.01. The minimum absolute atomic E-state index is 0.000556. The van der Waals surface area contributed by atoms with Crippen LogP contribution in [-0.2, 0) is 22.5 Å². The number of carboxylic acids is 1. The number of hydrogen-bond acceptors (Lipinski definition) is 3. The smallest absolute Gasteiger partial charge is 0.332 e. The van der Waals surface area contributed by atoms with E-state index in [9.17, 15) is 4.79 Å². The van der Waals surface area contributed by atoms with Crippen molar-refractivity contribution in [3.8, 4) is 0 Å². The highest BCUT2D eigenvalue weighted by atomic mass is 16.5. The molecule has 1 aromatic rings. The molecule has 0 aliphatic carbocycles. The van der Waals surface area contributed by atoms with Gasteiger partial charge in [-0.05, 0) is 12.8 Å². The largest absolute Gasteiger partial charge is 0.479 e. The van der Waals surface area contributed by atoms with Crippen LogP contribution in [0.1, 0.15) is 25.6 Å². The van der Waals surface area contributed by atoms with Crippen LogP contribution in [0, 0.1) is 0 Å². The van der Waals surface area contributed by atoms with Gasteiger partial charge in [-0.2, -0.15) is 0 Å². The lowest BCUT2D eigenvalue weighted by Gasteiger charge is -2.13. The molecule has 88 valence electrons. The van der Waals surface area contributed by atoms with Crippen LogP contribution in [-0.4, -0.2) is 32.8 Å². The Hall–Kier alpha value is -1.36. The van der Waals surface area contributed by atoms with Gasteiger partial charge < -0.3 is 14.4 Å². The molecule has 0 saturated carbocycles. The molecule has 0 bridgehead atoms. The molecule has 0 spiro atoms. The van der Waals surface area contributed by atoms with Crippen LogP contribution >= 0.6 is 0 Å². The van der Waals surface area contributed by atoms with Crippen molar-refractivity contribution in [2.45, 2.75) is 44.9 Å². The number of imidazole rings is 1. The van der Waals surface area contributed by atoms with Crippen molar-refractivity contribution in [3.05, 3.63) is 18.2 Å². The summed E-state index contributed by atoms with van der Waals surface area (Å²) in [5.74, 6) is 0.159. The van der Waals surface area contributed by atoms with Crippen molar-refractivity contribution in [1.82, 2.24) is 9.55 Å². The zero-order chi connectivity index (χ0) is 11.5. The van der Waals surface area contributed by atoms with Crippen molar-refractivity contribution < 1.29 is 14.6 Å². The first-order valence-electron chi connectivity index (χ1n) is 5.59. The van der Waals surface area contributed by atoms with Gasteiger partial charge in [-0.1, -0.05) is 6.92 Å². The molecule has 1 saturated heterocycles. The van der Waals surface area contributed by atoms with E-state index in [2.05, 4.69) is 4.98 Å². The maximum Gasteiger partial charge on any atom is 0.332 e. The number of aromatic nitrogens is 2. The summed E-state index contributed by atoms with van der Waals surface area (Å²) in [6.45, 7) is 2.75. The van der Waals surface area contributed by atoms with Crippen molar-refractivity contribution in [1.29, 1.82) is 0 Å². The summed E-state index contributed by atoms with van der Waals surface area (Å²) in [7, 11) is 0. The molecular formula is C11H16N2O3. The van der Waals surface area contributed by atoms with E-state index in [1.165, 1.54) is 0 Å². The third-order valence-corrected chi connectivity index (χ3v) is 2.90. The zero-order valence-electron chi connectivity index (χ0n) is 9.30. The molecule has 1 aromatic heterocycles. The zero-order valence-corrected chi connectivity index (χ0v) is 9.30. The van der Waals surface area contributed by atoms with Gasteiger partial charge in [0.05, 0.1) is 12.6 Å². The highest BCUT2D eigenvalue weighted by Crippen LogP contribution is 2.21. The third kappa shape index (κ3) is 2.24. The Balaban J connectivity index is 1.94. The number of ether oxygens (including phenoxy) is 1. The average molecular weight is 224 g/mol. The molecule has 1 aliphatic rings. The van der Waals surface area contributed by atoms with Gasteiger partial charge in [-0.25, -0.2) is 9.78 Å². The van der Waals surface area contributed by atoms with Crippen molar-refractivity contribution in [2.75, 3.05) is 0 Å². The molecule has 2 rings (SSSR count). The number of carboxylic acid groups (broad SMARTS) is 1. The normalized spacial score (nSPS) is 24.8. The number of carbonyl (C=O) groups is 1. The Labute approximate surface area is 94.1 Å². The minimum Gasteiger partial charge on any atom is -0.479 e. The van der Waals surface area contributed by atoms with E-state index >= 15 is 0 Å². The highest BCUT2D eigenvalue weighted by molar-refractivity contribution is 5.72. The lowest BCUT2D eigenvalue weighted by molar-refractivity contribution is -0.149. The molecule has 0 amide bonds. The quantitative estimate of drug-likeness (QED) is 0.831. The van der Waals surface area contributed by atoms with Crippen LogP contribution in [0.4, 0.5) is 0 Å². The van der Waals surface area contributed by atoms with Gasteiger partial charge in [0.1, 0.15) is 5.82 Å². The first-order chi connectivity index (χ1) is 7.70. The molecule has 0 radical (unpaired) electrons. The first-order valence-corrected chi connectivity index (χ1v) is 5.59. The van der Waals surface area contributed by atoms with Gasteiger partial charge in [0.25, 0.3) is 0 Å². The Kier molecular flexibility index (Phi) is 3.24. The molecule has 16 heavy (non-hydrogen) atoms. The fraction of sp³-hybridized carbons (Fsp3) is 0.636. The topological polar surface area (TPSA) is 64.4 Å². The predicted molar refractivity (Wildman–Crippen MR) is 57.1 cm³/mol. The molecule has 1 N–H and O–H groups in total. The lowest BCUT2D eigenvalue weighted by atomic mass is 10.2. The van der Waals surface area contributed by atoms with E-state index in [-0.39, 0.29) is 6.10 Å². The van der Waals surface area contributed by atoms with Crippen molar-refractivity contribution in [3.63, 3.8) is 0 Å². The third-order valence-electron chi connectivity index (χ3n) is 2.90. The Morgan fingerprint density at radius 2 is 2.50 bits per heavy atom. The summed E-state index contributed by atoms with van der Waals surface area (Å²) in [6.07, 6.45) is 5.34. The lowest BCUT2D eigenvalue weighted by Crippen LogP contribution is -2.23. The Morgan fingerprint density at radius 1 is 1.69 bits per heavy atom. The summed E-state index contributed by atoms with van der Waals surface area (Å²) < 4.78 is 7.48. The number of rotatable bonds is 4. The van der Waals surface area contributed by atoms with Crippen LogP contribution in [0.3, 0.4) is 0 Å². The molecular weight excluding hydrogens is 208 g/mol. The maximum absolute atomic E-state index is 10.7. The molecule has 0 aromatic carbocycles. The van der Waals surface area contributed by atoms with E-state index in [4.69, 9.17) is 9.84 Å². The predicted octanol–water partition coefficient (Wildman–Crippen LogP) is 1.08. The fourth-order valence-corrected chi connectivity index (χ4v) is 2.06. The Morgan fingerprint density at radius 3 is 3.12 bits per heavy atom. The van der Waals surface area contributed by atoms with E-state index in [1.54, 1.807) is 6.20 Å². The molecule has 5 nitrogen and oxygen atoms in total. The summed E-state index contributed by atoms with van der Waals surface area (Å²) >= 11 is 0. The average Bonchev–Trinajstić information content (AvgIpc) is 2.87. The molecule has 2 heterocycles. The number of aryl methyl sites for hydroxylation is 1. The standard InChI is InChI=1S/C11H16N2O3/c1-2-10-12-5-6-13(10)7-8-3-4-9(16-8)11(14)15/h5-6,8-9H,2-4,7H2,1H3,(H,14,15). The summed E-state index contributed by atoms with van der Waals surface area (Å²) in [6, 6.07) is 0. The van der Waals surface area contributed by atoms with Crippen LogP contribution in [0.2, 0.25) is 0 Å². The van der Waals surface area contributed by atoms with Gasteiger partial charge in [0, 0.05) is 18.8 Å². The molecule has 1 aliphatic heterocycles. The van der Waals surface area contributed by atoms with Crippen LogP contribution in [0.5, 0.6) is 0 Å². The molecule has 5 heteroatoms. The maximum atomic E-state index is 10.7. The summed E-state index contributed by atoms with van der Waals surface area (Å²) in [5, 5.41) is 8.81. The highest BCUT2D eigenvalue weighted by Gasteiger charge is 2.30. The van der Waals surface area contributed by atoms with E-state index < -0.39 is 12.1 Å². The van der Waals surface area contributed by atoms with E-state index in [0.717, 1.165) is 18.7 Å². The van der Waals surface area contributed by atoms with Gasteiger partial charge >= 0.3 is 5.97 Å². The second-order valence-electron chi connectivity index (χ2n) is 4.01. The van der Waals surface area contributed by atoms with Gasteiger partial charge in [0.2, 0.25) is 0 Å². The number of nitrogens with zero attached hydrogens (tertiary/aromatic N) is 2. The molecule has 1 fully saturated rings.